The lowest BCUT2D eigenvalue weighted by atomic mass is 9.96. The molecule has 1 amide bonds. The largest absolute Gasteiger partial charge is 0.497 e. The summed E-state index contributed by atoms with van der Waals surface area (Å²) in [5.41, 5.74) is 2.44. The fourth-order valence-corrected chi connectivity index (χ4v) is 4.87. The molecule has 2 atom stereocenters. The number of methoxy groups -OCH3 is 1. The second kappa shape index (κ2) is 8.78. The van der Waals surface area contributed by atoms with Gasteiger partial charge in [0.05, 0.1) is 13.5 Å². The van der Waals surface area contributed by atoms with Crippen LogP contribution in [0.3, 0.4) is 0 Å². The molecule has 0 radical (unpaired) electrons. The molecule has 0 saturated carbocycles. The third-order valence-electron chi connectivity index (χ3n) is 6.27. The number of hydrogen-bond donors (Lipinski definition) is 1. The molecule has 0 aromatic heterocycles. The first-order valence-electron chi connectivity index (χ1n) is 10.4. The van der Waals surface area contributed by atoms with Gasteiger partial charge in [-0.05, 0) is 55.4 Å². The number of piperidine rings is 1. The Kier molecular flexibility index (Phi) is 5.96. The van der Waals surface area contributed by atoms with Crippen molar-refractivity contribution in [1.29, 1.82) is 0 Å². The Hall–Kier alpha value is -2.33. The van der Waals surface area contributed by atoms with Crippen LogP contribution in [0.5, 0.6) is 5.75 Å². The molecule has 2 unspecified atom stereocenters. The first-order chi connectivity index (χ1) is 13.7. The van der Waals surface area contributed by atoms with Crippen molar-refractivity contribution in [2.45, 2.75) is 56.7 Å². The lowest BCUT2D eigenvalue weighted by Crippen LogP contribution is -2.51. The van der Waals surface area contributed by atoms with Crippen molar-refractivity contribution >= 4 is 5.91 Å². The van der Waals surface area contributed by atoms with Crippen LogP contribution >= 0.6 is 0 Å². The van der Waals surface area contributed by atoms with E-state index < -0.39 is 0 Å². The van der Waals surface area contributed by atoms with E-state index in [9.17, 15) is 4.79 Å². The van der Waals surface area contributed by atoms with E-state index in [1.807, 2.05) is 24.3 Å². The average molecular weight is 379 g/mol. The van der Waals surface area contributed by atoms with Crippen LogP contribution in [0.1, 0.15) is 36.8 Å². The SMILES string of the molecule is COc1ccc(CC(=O)NC2CC3CCC(C2)N3CCc2ccccc2)cc1. The Labute approximate surface area is 167 Å². The number of ether oxygens (including phenoxy) is 1. The number of rotatable bonds is 7. The van der Waals surface area contributed by atoms with Crippen LogP contribution in [0.4, 0.5) is 0 Å². The van der Waals surface area contributed by atoms with Gasteiger partial charge >= 0.3 is 0 Å². The van der Waals surface area contributed by atoms with Crippen LogP contribution in [0.15, 0.2) is 54.6 Å². The Morgan fingerprint density at radius 2 is 1.68 bits per heavy atom. The van der Waals surface area contributed by atoms with E-state index in [1.54, 1.807) is 7.11 Å². The summed E-state index contributed by atoms with van der Waals surface area (Å²) >= 11 is 0. The maximum absolute atomic E-state index is 12.5. The fraction of sp³-hybridized carbons (Fsp3) is 0.458. The molecule has 2 bridgehead atoms. The number of nitrogens with one attached hydrogen (secondary N) is 1. The van der Waals surface area contributed by atoms with Crippen molar-refractivity contribution in [3.63, 3.8) is 0 Å². The third-order valence-corrected chi connectivity index (χ3v) is 6.27. The molecule has 148 valence electrons. The van der Waals surface area contributed by atoms with E-state index in [0.717, 1.165) is 37.1 Å². The summed E-state index contributed by atoms with van der Waals surface area (Å²) in [5, 5.41) is 3.29. The second-order valence-corrected chi connectivity index (χ2v) is 8.12. The van der Waals surface area contributed by atoms with Gasteiger partial charge in [0.25, 0.3) is 0 Å². The number of carbonyl (C=O) groups excluding carboxylic acids is 1. The summed E-state index contributed by atoms with van der Waals surface area (Å²) in [4.78, 5) is 15.2. The van der Waals surface area contributed by atoms with E-state index in [1.165, 1.54) is 18.4 Å². The van der Waals surface area contributed by atoms with Gasteiger partial charge in [0.15, 0.2) is 0 Å². The first-order valence-corrected chi connectivity index (χ1v) is 10.4. The van der Waals surface area contributed by atoms with Crippen LogP contribution in [0.2, 0.25) is 0 Å². The number of nitrogens with zero attached hydrogens (tertiary/aromatic N) is 1. The minimum Gasteiger partial charge on any atom is -0.497 e. The minimum atomic E-state index is 0.132. The van der Waals surface area contributed by atoms with Gasteiger partial charge in [0.2, 0.25) is 5.91 Å². The summed E-state index contributed by atoms with van der Waals surface area (Å²) in [6, 6.07) is 20.1. The smallest absolute Gasteiger partial charge is 0.224 e. The monoisotopic (exact) mass is 378 g/mol. The molecular formula is C24H30N2O2. The van der Waals surface area contributed by atoms with Gasteiger partial charge < -0.3 is 10.1 Å². The number of amides is 1. The highest BCUT2D eigenvalue weighted by atomic mass is 16.5. The molecule has 4 nitrogen and oxygen atoms in total. The lowest BCUT2D eigenvalue weighted by molar-refractivity contribution is -0.121. The molecule has 0 aliphatic carbocycles. The maximum atomic E-state index is 12.5. The molecule has 2 heterocycles. The molecule has 2 saturated heterocycles. The molecular weight excluding hydrogens is 348 g/mol. The normalized spacial score (nSPS) is 24.1. The summed E-state index contributed by atoms with van der Waals surface area (Å²) < 4.78 is 5.18. The van der Waals surface area contributed by atoms with Gasteiger partial charge in [-0.2, -0.15) is 0 Å². The van der Waals surface area contributed by atoms with Gasteiger partial charge in [0, 0.05) is 24.7 Å². The number of fused-ring (bicyclic) bond motifs is 2. The molecule has 4 rings (SSSR count). The molecule has 4 heteroatoms. The summed E-state index contributed by atoms with van der Waals surface area (Å²) in [7, 11) is 1.65. The molecule has 0 spiro atoms. The maximum Gasteiger partial charge on any atom is 0.224 e. The van der Waals surface area contributed by atoms with Gasteiger partial charge in [-0.3, -0.25) is 9.69 Å². The van der Waals surface area contributed by atoms with Gasteiger partial charge in [-0.25, -0.2) is 0 Å². The Morgan fingerprint density at radius 3 is 2.32 bits per heavy atom. The molecule has 2 aromatic carbocycles. The summed E-state index contributed by atoms with van der Waals surface area (Å²) in [6.07, 6.45) is 6.25. The quantitative estimate of drug-likeness (QED) is 0.801. The topological polar surface area (TPSA) is 41.6 Å². The molecule has 28 heavy (non-hydrogen) atoms. The zero-order valence-electron chi connectivity index (χ0n) is 16.6. The lowest BCUT2D eigenvalue weighted by Gasteiger charge is -2.39. The van der Waals surface area contributed by atoms with Crippen molar-refractivity contribution in [1.82, 2.24) is 10.2 Å². The Balaban J connectivity index is 1.27. The van der Waals surface area contributed by atoms with Gasteiger partial charge in [-0.15, -0.1) is 0 Å². The van der Waals surface area contributed by atoms with Gasteiger partial charge in [0.1, 0.15) is 5.75 Å². The Bertz CT molecular complexity index is 761. The zero-order chi connectivity index (χ0) is 19.3. The second-order valence-electron chi connectivity index (χ2n) is 8.12. The van der Waals surface area contributed by atoms with Crippen molar-refractivity contribution in [3.8, 4) is 5.75 Å². The number of benzene rings is 2. The van der Waals surface area contributed by atoms with E-state index >= 15 is 0 Å². The molecule has 2 fully saturated rings. The van der Waals surface area contributed by atoms with E-state index in [0.29, 0.717) is 24.5 Å². The molecule has 2 aromatic rings. The van der Waals surface area contributed by atoms with Crippen LogP contribution in [0, 0.1) is 0 Å². The molecule has 1 N–H and O–H groups in total. The summed E-state index contributed by atoms with van der Waals surface area (Å²) in [5.74, 6) is 0.955. The highest BCUT2D eigenvalue weighted by molar-refractivity contribution is 5.78. The van der Waals surface area contributed by atoms with E-state index in [2.05, 4.69) is 40.5 Å². The van der Waals surface area contributed by atoms with Crippen molar-refractivity contribution < 1.29 is 9.53 Å². The highest BCUT2D eigenvalue weighted by Gasteiger charge is 2.40. The average Bonchev–Trinajstić information content (AvgIpc) is 2.96. The number of carbonyl (C=O) groups is 1. The van der Waals surface area contributed by atoms with Crippen LogP contribution in [-0.4, -0.2) is 42.6 Å². The van der Waals surface area contributed by atoms with Crippen LogP contribution in [0.25, 0.3) is 0 Å². The van der Waals surface area contributed by atoms with Crippen LogP contribution < -0.4 is 10.1 Å². The minimum absolute atomic E-state index is 0.132. The highest BCUT2D eigenvalue weighted by Crippen LogP contribution is 2.35. The number of hydrogen-bond acceptors (Lipinski definition) is 3. The van der Waals surface area contributed by atoms with Crippen molar-refractivity contribution in [3.05, 3.63) is 65.7 Å². The Morgan fingerprint density at radius 1 is 1.00 bits per heavy atom. The predicted molar refractivity (Wildman–Crippen MR) is 112 cm³/mol. The first kappa shape index (κ1) is 19.0. The zero-order valence-corrected chi connectivity index (χ0v) is 16.6. The van der Waals surface area contributed by atoms with Gasteiger partial charge in [-0.1, -0.05) is 42.5 Å². The van der Waals surface area contributed by atoms with E-state index in [-0.39, 0.29) is 5.91 Å². The van der Waals surface area contributed by atoms with E-state index in [4.69, 9.17) is 4.74 Å². The fourth-order valence-electron chi connectivity index (χ4n) is 4.87. The molecule has 2 aliphatic rings. The standard InChI is InChI=1S/C24H30N2O2/c1-28-23-11-7-19(8-12-23)15-24(27)25-20-16-21-9-10-22(17-20)26(21)14-13-18-5-3-2-4-6-18/h2-8,11-12,20-22H,9-10,13-17H2,1H3,(H,25,27). The van der Waals surface area contributed by atoms with Crippen LogP contribution in [-0.2, 0) is 17.6 Å². The van der Waals surface area contributed by atoms with Crippen molar-refractivity contribution in [2.24, 2.45) is 0 Å². The third kappa shape index (κ3) is 4.56. The predicted octanol–water partition coefficient (Wildman–Crippen LogP) is 3.59. The van der Waals surface area contributed by atoms with Crippen molar-refractivity contribution in [2.75, 3.05) is 13.7 Å². The summed E-state index contributed by atoms with van der Waals surface area (Å²) in [6.45, 7) is 1.13. The molecule has 2 aliphatic heterocycles.